The minimum Gasteiger partial charge on any atom is -0.358 e. The fourth-order valence-corrected chi connectivity index (χ4v) is 1.79. The van der Waals surface area contributed by atoms with Gasteiger partial charge in [-0.25, -0.2) is 0 Å². The highest BCUT2D eigenvalue weighted by molar-refractivity contribution is 6.32. The summed E-state index contributed by atoms with van der Waals surface area (Å²) in [5.41, 5.74) is -0.277. The van der Waals surface area contributed by atoms with Crippen molar-refractivity contribution in [3.63, 3.8) is 0 Å². The van der Waals surface area contributed by atoms with E-state index < -0.39 is 27.2 Å². The van der Waals surface area contributed by atoms with Crippen molar-refractivity contribution < 1.29 is 14.2 Å². The Kier molecular flexibility index (Phi) is 3.61. The van der Waals surface area contributed by atoms with Crippen LogP contribution in [0.1, 0.15) is 5.56 Å². The first-order chi connectivity index (χ1) is 9.38. The molecule has 10 heteroatoms. The molecule has 0 saturated carbocycles. The Morgan fingerprint density at radius 2 is 2.00 bits per heavy atom. The van der Waals surface area contributed by atoms with Crippen molar-refractivity contribution in [3.8, 4) is 0 Å². The molecule has 1 heterocycles. The predicted octanol–water partition coefficient (Wildman–Crippen LogP) is 2.54. The molecule has 1 aromatic carbocycles. The van der Waals surface area contributed by atoms with E-state index in [4.69, 9.17) is 11.6 Å². The fraction of sp³-hybridized carbons (Fsp3) is 0.100. The van der Waals surface area contributed by atoms with Crippen LogP contribution in [0.3, 0.4) is 0 Å². The third-order valence-electron chi connectivity index (χ3n) is 2.43. The van der Waals surface area contributed by atoms with Crippen molar-refractivity contribution in [2.75, 3.05) is 0 Å². The van der Waals surface area contributed by atoms with E-state index >= 15 is 0 Å². The van der Waals surface area contributed by atoms with Gasteiger partial charge in [0.1, 0.15) is 0 Å². The number of nitro benzene ring substituents is 1. The van der Waals surface area contributed by atoms with E-state index in [1.54, 1.807) is 0 Å². The normalized spacial score (nSPS) is 10.5. The molecule has 2 rings (SSSR count). The number of nitrogens with zero attached hydrogens (tertiary/aromatic N) is 4. The van der Waals surface area contributed by atoms with Crippen molar-refractivity contribution >= 4 is 23.1 Å². The molecule has 2 aromatic rings. The Morgan fingerprint density at radius 1 is 1.30 bits per heavy atom. The number of halogens is 2. The average Bonchev–Trinajstić information content (AvgIpc) is 2.70. The summed E-state index contributed by atoms with van der Waals surface area (Å²) in [6.45, 7) is 0.00245. The van der Waals surface area contributed by atoms with Crippen LogP contribution in [0.4, 0.5) is 15.9 Å². The molecule has 0 fully saturated rings. The second-order valence-electron chi connectivity index (χ2n) is 3.80. The van der Waals surface area contributed by atoms with Crippen molar-refractivity contribution in [1.29, 1.82) is 0 Å². The van der Waals surface area contributed by atoms with Gasteiger partial charge in [0.05, 0.1) is 22.8 Å². The Hall–Kier alpha value is -2.55. The monoisotopic (exact) mass is 300 g/mol. The van der Waals surface area contributed by atoms with Gasteiger partial charge >= 0.3 is 11.5 Å². The molecule has 0 atom stereocenters. The standard InChI is InChI=1S/C10H6ClFN4O4/c11-7-5-14(13-10(7)16(19)20)4-6-1-2-9(15(17)18)8(12)3-6/h1-3,5H,4H2. The molecule has 104 valence electrons. The lowest BCUT2D eigenvalue weighted by Gasteiger charge is -1.99. The summed E-state index contributed by atoms with van der Waals surface area (Å²) in [4.78, 5) is 19.5. The molecule has 0 radical (unpaired) electrons. The van der Waals surface area contributed by atoms with Crippen LogP contribution in [0.2, 0.25) is 5.02 Å². The van der Waals surface area contributed by atoms with E-state index in [-0.39, 0.29) is 11.6 Å². The largest absolute Gasteiger partial charge is 0.408 e. The molecule has 0 aliphatic heterocycles. The van der Waals surface area contributed by atoms with Crippen LogP contribution in [0.5, 0.6) is 0 Å². The second kappa shape index (κ2) is 5.21. The first kappa shape index (κ1) is 13.9. The molecule has 20 heavy (non-hydrogen) atoms. The van der Waals surface area contributed by atoms with E-state index in [0.29, 0.717) is 5.56 Å². The molecule has 0 saturated heterocycles. The third kappa shape index (κ3) is 2.72. The van der Waals surface area contributed by atoms with Crippen molar-refractivity contribution in [2.24, 2.45) is 0 Å². The maximum Gasteiger partial charge on any atom is 0.408 e. The zero-order chi connectivity index (χ0) is 14.9. The molecular weight excluding hydrogens is 295 g/mol. The van der Waals surface area contributed by atoms with E-state index in [1.807, 2.05) is 0 Å². The molecule has 0 bridgehead atoms. The summed E-state index contributed by atoms with van der Waals surface area (Å²) in [6.07, 6.45) is 1.22. The summed E-state index contributed by atoms with van der Waals surface area (Å²) in [6, 6.07) is 3.33. The molecule has 0 N–H and O–H groups in total. The average molecular weight is 301 g/mol. The topological polar surface area (TPSA) is 104 Å². The molecule has 8 nitrogen and oxygen atoms in total. The van der Waals surface area contributed by atoms with E-state index in [0.717, 1.165) is 16.8 Å². The summed E-state index contributed by atoms with van der Waals surface area (Å²) in [5, 5.41) is 24.5. The van der Waals surface area contributed by atoms with Gasteiger partial charge in [0.2, 0.25) is 5.82 Å². The van der Waals surface area contributed by atoms with Crippen molar-refractivity contribution in [3.05, 3.63) is 61.0 Å². The third-order valence-corrected chi connectivity index (χ3v) is 2.69. The Balaban J connectivity index is 2.26. The minimum atomic E-state index is -0.986. The van der Waals surface area contributed by atoms with Crippen LogP contribution in [0, 0.1) is 26.0 Å². The van der Waals surface area contributed by atoms with Gasteiger partial charge in [-0.15, -0.1) is 0 Å². The Labute approximate surface area is 115 Å². The molecule has 0 unspecified atom stereocenters. The summed E-state index contributed by atoms with van der Waals surface area (Å²) < 4.78 is 14.6. The number of hydrogen-bond donors (Lipinski definition) is 0. The van der Waals surface area contributed by atoms with Gasteiger partial charge in [-0.05, 0) is 16.6 Å². The lowest BCUT2D eigenvalue weighted by atomic mass is 10.2. The minimum absolute atomic E-state index is 0.00245. The maximum absolute atomic E-state index is 13.4. The Bertz CT molecular complexity index is 703. The van der Waals surface area contributed by atoms with Crippen LogP contribution in [0.15, 0.2) is 24.4 Å². The van der Waals surface area contributed by atoms with Gasteiger partial charge in [0.15, 0.2) is 5.02 Å². The van der Waals surface area contributed by atoms with Crippen molar-refractivity contribution in [2.45, 2.75) is 6.54 Å². The Morgan fingerprint density at radius 3 is 2.50 bits per heavy atom. The van der Waals surface area contributed by atoms with Crippen LogP contribution in [0.25, 0.3) is 0 Å². The van der Waals surface area contributed by atoms with Gasteiger partial charge in [-0.2, -0.15) is 9.07 Å². The summed E-state index contributed by atoms with van der Waals surface area (Å²) in [7, 11) is 0. The van der Waals surface area contributed by atoms with Gasteiger partial charge < -0.3 is 10.1 Å². The fourth-order valence-electron chi connectivity index (χ4n) is 1.58. The summed E-state index contributed by atoms with van der Waals surface area (Å²) in [5.74, 6) is -1.49. The first-order valence-corrected chi connectivity index (χ1v) is 5.56. The molecule has 1 aromatic heterocycles. The van der Waals surface area contributed by atoms with E-state index in [9.17, 15) is 24.6 Å². The van der Waals surface area contributed by atoms with Crippen LogP contribution >= 0.6 is 11.6 Å². The van der Waals surface area contributed by atoms with E-state index in [1.165, 1.54) is 12.3 Å². The van der Waals surface area contributed by atoms with Gasteiger partial charge in [-0.3, -0.25) is 10.1 Å². The first-order valence-electron chi connectivity index (χ1n) is 5.18. The van der Waals surface area contributed by atoms with E-state index in [2.05, 4.69) is 5.10 Å². The quantitative estimate of drug-likeness (QED) is 0.637. The lowest BCUT2D eigenvalue weighted by molar-refractivity contribution is -0.389. The van der Waals surface area contributed by atoms with Crippen LogP contribution in [-0.4, -0.2) is 19.6 Å². The van der Waals surface area contributed by atoms with Crippen LogP contribution < -0.4 is 0 Å². The number of rotatable bonds is 4. The highest BCUT2D eigenvalue weighted by Gasteiger charge is 2.20. The molecule has 0 aliphatic carbocycles. The molecule has 0 spiro atoms. The molecule has 0 amide bonds. The molecular formula is C10H6ClFN4O4. The van der Waals surface area contributed by atoms with Crippen LogP contribution in [-0.2, 0) is 6.54 Å². The zero-order valence-electron chi connectivity index (χ0n) is 9.69. The SMILES string of the molecule is O=[N+]([O-])c1ccc(Cn2cc(Cl)c([N+](=O)[O-])n2)cc1F. The highest BCUT2D eigenvalue weighted by Crippen LogP contribution is 2.23. The maximum atomic E-state index is 13.4. The second-order valence-corrected chi connectivity index (χ2v) is 4.21. The number of nitro groups is 2. The zero-order valence-corrected chi connectivity index (χ0v) is 10.5. The number of aromatic nitrogens is 2. The lowest BCUT2D eigenvalue weighted by Crippen LogP contribution is -2.02. The highest BCUT2D eigenvalue weighted by atomic mass is 35.5. The van der Waals surface area contributed by atoms with Crippen molar-refractivity contribution in [1.82, 2.24) is 9.78 Å². The number of benzene rings is 1. The predicted molar refractivity (Wildman–Crippen MR) is 66.0 cm³/mol. The van der Waals surface area contributed by atoms with Gasteiger partial charge in [0, 0.05) is 6.07 Å². The summed E-state index contributed by atoms with van der Waals surface area (Å²) >= 11 is 5.62. The number of hydrogen-bond acceptors (Lipinski definition) is 5. The smallest absolute Gasteiger partial charge is 0.358 e. The van der Waals surface area contributed by atoms with Gasteiger partial charge in [0.25, 0.3) is 0 Å². The molecule has 0 aliphatic rings. The van der Waals surface area contributed by atoms with Gasteiger partial charge in [-0.1, -0.05) is 17.7 Å².